The molecule has 0 heterocycles. The van der Waals surface area contributed by atoms with E-state index in [0.717, 1.165) is 37.7 Å². The summed E-state index contributed by atoms with van der Waals surface area (Å²) in [5, 5.41) is 12.8. The van der Waals surface area contributed by atoms with Crippen molar-refractivity contribution in [2.24, 2.45) is 0 Å². The first-order chi connectivity index (χ1) is 10.7. The quantitative estimate of drug-likeness (QED) is 0.569. The van der Waals surface area contributed by atoms with Crippen LogP contribution in [0.25, 0.3) is 0 Å². The van der Waals surface area contributed by atoms with Crippen molar-refractivity contribution in [2.75, 3.05) is 0 Å². The molecule has 0 aromatic heterocycles. The summed E-state index contributed by atoms with van der Waals surface area (Å²) < 4.78 is 0. The highest BCUT2D eigenvalue weighted by Crippen LogP contribution is 2.11. The summed E-state index contributed by atoms with van der Waals surface area (Å²) in [6.07, 6.45) is 8.68. The lowest BCUT2D eigenvalue weighted by molar-refractivity contribution is -0.121. The van der Waals surface area contributed by atoms with Gasteiger partial charge in [0.1, 0.15) is 0 Å². The molecule has 0 fully saturated rings. The van der Waals surface area contributed by atoms with Gasteiger partial charge < -0.3 is 10.4 Å². The second kappa shape index (κ2) is 12.2. The molecule has 1 rings (SSSR count). The maximum atomic E-state index is 11.7. The van der Waals surface area contributed by atoms with Crippen LogP contribution in [0.5, 0.6) is 0 Å². The Kier molecular flexibility index (Phi) is 10.4. The second-order valence-corrected chi connectivity index (χ2v) is 6.01. The van der Waals surface area contributed by atoms with Gasteiger partial charge in [0.25, 0.3) is 0 Å². The maximum Gasteiger partial charge on any atom is 0.220 e. The SMILES string of the molecule is CCCCCC[C@H](O)CCCCC(=O)NCc1ccccc1. The van der Waals surface area contributed by atoms with E-state index in [9.17, 15) is 9.90 Å². The fourth-order valence-electron chi connectivity index (χ4n) is 2.50. The number of amides is 1. The minimum Gasteiger partial charge on any atom is -0.393 e. The van der Waals surface area contributed by atoms with E-state index in [1.807, 2.05) is 30.3 Å². The van der Waals surface area contributed by atoms with E-state index < -0.39 is 0 Å². The maximum absolute atomic E-state index is 11.7. The molecule has 0 saturated heterocycles. The summed E-state index contributed by atoms with van der Waals surface area (Å²) in [5.74, 6) is 0.0984. The number of aliphatic hydroxyl groups is 1. The molecule has 0 aliphatic carbocycles. The highest BCUT2D eigenvalue weighted by molar-refractivity contribution is 5.75. The van der Waals surface area contributed by atoms with Crippen molar-refractivity contribution < 1.29 is 9.90 Å². The normalized spacial score (nSPS) is 12.1. The van der Waals surface area contributed by atoms with Gasteiger partial charge in [-0.1, -0.05) is 69.4 Å². The zero-order valence-electron chi connectivity index (χ0n) is 13.9. The number of carbonyl (C=O) groups is 1. The largest absolute Gasteiger partial charge is 0.393 e. The van der Waals surface area contributed by atoms with E-state index >= 15 is 0 Å². The molecule has 1 amide bonds. The van der Waals surface area contributed by atoms with Gasteiger partial charge in [0.2, 0.25) is 5.91 Å². The molecule has 1 aromatic rings. The Morgan fingerprint density at radius 2 is 1.73 bits per heavy atom. The van der Waals surface area contributed by atoms with Crippen LogP contribution in [0.1, 0.15) is 70.3 Å². The average molecular weight is 305 g/mol. The smallest absolute Gasteiger partial charge is 0.220 e. The van der Waals surface area contributed by atoms with Gasteiger partial charge >= 0.3 is 0 Å². The molecule has 1 atom stereocenters. The van der Waals surface area contributed by atoms with Gasteiger partial charge in [-0.2, -0.15) is 0 Å². The van der Waals surface area contributed by atoms with Gasteiger partial charge in [0.05, 0.1) is 6.10 Å². The summed E-state index contributed by atoms with van der Waals surface area (Å²) in [6, 6.07) is 9.94. The molecule has 0 bridgehead atoms. The molecular formula is C19H31NO2. The van der Waals surface area contributed by atoms with Crippen LogP contribution in [0.4, 0.5) is 0 Å². The van der Waals surface area contributed by atoms with E-state index in [1.54, 1.807) is 0 Å². The Morgan fingerprint density at radius 3 is 2.41 bits per heavy atom. The summed E-state index contributed by atoms with van der Waals surface area (Å²) in [6.45, 7) is 2.79. The second-order valence-electron chi connectivity index (χ2n) is 6.01. The number of nitrogens with one attached hydrogen (secondary N) is 1. The van der Waals surface area contributed by atoms with Crippen molar-refractivity contribution in [1.82, 2.24) is 5.32 Å². The van der Waals surface area contributed by atoms with Crippen LogP contribution in [0.3, 0.4) is 0 Å². The fraction of sp³-hybridized carbons (Fsp3) is 0.632. The van der Waals surface area contributed by atoms with Gasteiger partial charge in [-0.3, -0.25) is 4.79 Å². The van der Waals surface area contributed by atoms with Crippen molar-refractivity contribution >= 4 is 5.91 Å². The monoisotopic (exact) mass is 305 g/mol. The molecule has 22 heavy (non-hydrogen) atoms. The van der Waals surface area contributed by atoms with Gasteiger partial charge in [-0.15, -0.1) is 0 Å². The molecule has 1 aromatic carbocycles. The van der Waals surface area contributed by atoms with Gasteiger partial charge in [0, 0.05) is 13.0 Å². The first kappa shape index (κ1) is 18.7. The zero-order chi connectivity index (χ0) is 16.0. The summed E-state index contributed by atoms with van der Waals surface area (Å²) in [4.78, 5) is 11.7. The molecule has 0 aliphatic heterocycles. The number of benzene rings is 1. The van der Waals surface area contributed by atoms with Crippen LogP contribution >= 0.6 is 0 Å². The summed E-state index contributed by atoms with van der Waals surface area (Å²) in [5.41, 5.74) is 1.12. The van der Waals surface area contributed by atoms with Crippen LogP contribution in [0.15, 0.2) is 30.3 Å². The summed E-state index contributed by atoms with van der Waals surface area (Å²) >= 11 is 0. The minimum absolute atomic E-state index is 0.0984. The molecule has 0 aliphatic rings. The van der Waals surface area contributed by atoms with Gasteiger partial charge in [-0.25, -0.2) is 0 Å². The third-order valence-corrected chi connectivity index (χ3v) is 3.91. The number of aliphatic hydroxyl groups excluding tert-OH is 1. The number of rotatable bonds is 12. The molecule has 124 valence electrons. The average Bonchev–Trinajstić information content (AvgIpc) is 2.55. The molecule has 0 radical (unpaired) electrons. The van der Waals surface area contributed by atoms with E-state index in [2.05, 4.69) is 12.2 Å². The van der Waals surface area contributed by atoms with Crippen LogP contribution < -0.4 is 5.32 Å². The molecule has 3 nitrogen and oxygen atoms in total. The number of hydrogen-bond acceptors (Lipinski definition) is 2. The lowest BCUT2D eigenvalue weighted by Gasteiger charge is -2.10. The van der Waals surface area contributed by atoms with Crippen LogP contribution in [0, 0.1) is 0 Å². The number of unbranched alkanes of at least 4 members (excludes halogenated alkanes) is 4. The fourth-order valence-corrected chi connectivity index (χ4v) is 2.50. The van der Waals surface area contributed by atoms with Gasteiger partial charge in [-0.05, 0) is 24.8 Å². The van der Waals surface area contributed by atoms with Crippen LogP contribution in [-0.4, -0.2) is 17.1 Å². The molecule has 0 saturated carbocycles. The molecule has 0 spiro atoms. The van der Waals surface area contributed by atoms with Crippen LogP contribution in [0.2, 0.25) is 0 Å². The number of hydrogen-bond donors (Lipinski definition) is 2. The van der Waals surface area contributed by atoms with E-state index in [1.165, 1.54) is 19.3 Å². The zero-order valence-corrected chi connectivity index (χ0v) is 13.9. The number of carbonyl (C=O) groups excluding carboxylic acids is 1. The van der Waals surface area contributed by atoms with Crippen LogP contribution in [-0.2, 0) is 11.3 Å². The standard InChI is InChI=1S/C19H31NO2/c1-2-3-4-8-13-18(21)14-9-10-15-19(22)20-16-17-11-6-5-7-12-17/h5-7,11-12,18,21H,2-4,8-10,13-16H2,1H3,(H,20,22)/t18-/m0/s1. The molecule has 3 heteroatoms. The van der Waals surface area contributed by atoms with Crippen molar-refractivity contribution in [3.05, 3.63) is 35.9 Å². The van der Waals surface area contributed by atoms with Crippen molar-refractivity contribution in [3.63, 3.8) is 0 Å². The minimum atomic E-state index is -0.191. The highest BCUT2D eigenvalue weighted by atomic mass is 16.3. The predicted molar refractivity (Wildman–Crippen MR) is 91.5 cm³/mol. The van der Waals surface area contributed by atoms with E-state index in [-0.39, 0.29) is 12.0 Å². The van der Waals surface area contributed by atoms with E-state index in [4.69, 9.17) is 0 Å². The lowest BCUT2D eigenvalue weighted by atomic mass is 10.0. The molecular weight excluding hydrogens is 274 g/mol. The first-order valence-corrected chi connectivity index (χ1v) is 8.71. The van der Waals surface area contributed by atoms with E-state index in [0.29, 0.717) is 13.0 Å². The Morgan fingerprint density at radius 1 is 1.05 bits per heavy atom. The Bertz CT molecular complexity index is 392. The first-order valence-electron chi connectivity index (χ1n) is 8.71. The predicted octanol–water partition coefficient (Wildman–Crippen LogP) is 4.19. The molecule has 2 N–H and O–H groups in total. The van der Waals surface area contributed by atoms with Crippen molar-refractivity contribution in [1.29, 1.82) is 0 Å². The third kappa shape index (κ3) is 9.56. The Balaban J connectivity index is 1.98. The molecule has 0 unspecified atom stereocenters. The van der Waals surface area contributed by atoms with Gasteiger partial charge in [0.15, 0.2) is 0 Å². The van der Waals surface area contributed by atoms with Crippen molar-refractivity contribution in [2.45, 2.75) is 77.4 Å². The highest BCUT2D eigenvalue weighted by Gasteiger charge is 2.05. The van der Waals surface area contributed by atoms with Crippen molar-refractivity contribution in [3.8, 4) is 0 Å². The topological polar surface area (TPSA) is 49.3 Å². The Hall–Kier alpha value is -1.35. The lowest BCUT2D eigenvalue weighted by Crippen LogP contribution is -2.22. The third-order valence-electron chi connectivity index (χ3n) is 3.91. The summed E-state index contributed by atoms with van der Waals surface area (Å²) in [7, 11) is 0. The Labute approximate surface area is 135 Å².